The Morgan fingerprint density at radius 2 is 1.93 bits per heavy atom. The van der Waals surface area contributed by atoms with Crippen LogP contribution in [0.2, 0.25) is 0 Å². The number of amides is 1. The normalized spacial score (nSPS) is 10.2. The number of carbonyl (C=O) groups is 1. The van der Waals surface area contributed by atoms with E-state index in [1.54, 1.807) is 47.6 Å². The number of hydrogen-bond donors (Lipinski definition) is 0. The zero-order valence-electron chi connectivity index (χ0n) is 16.4. The second-order valence-electron chi connectivity index (χ2n) is 6.36. The van der Waals surface area contributed by atoms with Crippen molar-refractivity contribution in [1.82, 2.24) is 4.90 Å². The first-order valence-corrected chi connectivity index (χ1v) is 10.1. The Kier molecular flexibility index (Phi) is 6.88. The minimum Gasteiger partial charge on any atom is -0.493 e. The van der Waals surface area contributed by atoms with Gasteiger partial charge in [-0.2, -0.15) is 5.26 Å². The van der Waals surface area contributed by atoms with E-state index in [-0.39, 0.29) is 5.91 Å². The van der Waals surface area contributed by atoms with E-state index in [1.807, 2.05) is 42.6 Å². The third-order valence-corrected chi connectivity index (χ3v) is 5.33. The summed E-state index contributed by atoms with van der Waals surface area (Å²) < 4.78 is 11.4. The van der Waals surface area contributed by atoms with Gasteiger partial charge in [-0.05, 0) is 60.3 Å². The van der Waals surface area contributed by atoms with E-state index in [2.05, 4.69) is 6.07 Å². The molecule has 0 fully saturated rings. The molecule has 1 amide bonds. The summed E-state index contributed by atoms with van der Waals surface area (Å²) in [6.07, 6.45) is 0. The summed E-state index contributed by atoms with van der Waals surface area (Å²) in [7, 11) is 1.61. The van der Waals surface area contributed by atoms with Crippen molar-refractivity contribution < 1.29 is 14.3 Å². The summed E-state index contributed by atoms with van der Waals surface area (Å²) in [6.45, 7) is 3.46. The Morgan fingerprint density at radius 3 is 2.55 bits per heavy atom. The molecule has 0 saturated heterocycles. The van der Waals surface area contributed by atoms with Gasteiger partial charge in [-0.1, -0.05) is 12.1 Å². The number of methoxy groups -OCH3 is 1. The largest absolute Gasteiger partial charge is 0.493 e. The van der Waals surface area contributed by atoms with Crippen molar-refractivity contribution >= 4 is 17.2 Å². The molecule has 3 rings (SSSR count). The molecule has 6 heteroatoms. The minimum atomic E-state index is -0.0750. The number of thiophene rings is 1. The highest BCUT2D eigenvalue weighted by molar-refractivity contribution is 7.09. The van der Waals surface area contributed by atoms with Crippen LogP contribution in [0.25, 0.3) is 0 Å². The molecule has 0 spiro atoms. The van der Waals surface area contributed by atoms with Gasteiger partial charge >= 0.3 is 0 Å². The molecular formula is C23H22N2O3S. The van der Waals surface area contributed by atoms with E-state index < -0.39 is 0 Å². The van der Waals surface area contributed by atoms with Crippen molar-refractivity contribution in [2.24, 2.45) is 0 Å². The van der Waals surface area contributed by atoms with Crippen LogP contribution in [0.15, 0.2) is 60.0 Å². The van der Waals surface area contributed by atoms with Gasteiger partial charge in [0.05, 0.1) is 18.7 Å². The van der Waals surface area contributed by atoms with Crippen molar-refractivity contribution in [3.8, 4) is 17.6 Å². The van der Waals surface area contributed by atoms with E-state index in [0.717, 1.165) is 10.4 Å². The molecule has 29 heavy (non-hydrogen) atoms. The molecule has 0 bridgehead atoms. The van der Waals surface area contributed by atoms with E-state index in [9.17, 15) is 4.79 Å². The first kappa shape index (κ1) is 20.4. The molecule has 3 aromatic rings. The Morgan fingerprint density at radius 1 is 1.14 bits per heavy atom. The highest BCUT2D eigenvalue weighted by atomic mass is 32.1. The van der Waals surface area contributed by atoms with Crippen LogP contribution < -0.4 is 9.47 Å². The lowest BCUT2D eigenvalue weighted by atomic mass is 10.1. The maximum Gasteiger partial charge on any atom is 0.254 e. The van der Waals surface area contributed by atoms with Crippen LogP contribution >= 0.6 is 11.3 Å². The SMILES string of the molecule is CCN(Cc1ccc(OCc2cccs2)c(OC)c1)C(=O)c1ccc(C#N)cc1. The van der Waals surface area contributed by atoms with Crippen molar-refractivity contribution in [2.75, 3.05) is 13.7 Å². The molecule has 5 nitrogen and oxygen atoms in total. The fraction of sp³-hybridized carbons (Fsp3) is 0.217. The first-order valence-electron chi connectivity index (χ1n) is 9.26. The summed E-state index contributed by atoms with van der Waals surface area (Å²) in [5.74, 6) is 1.24. The van der Waals surface area contributed by atoms with Gasteiger partial charge in [0.25, 0.3) is 5.91 Å². The lowest BCUT2D eigenvalue weighted by Gasteiger charge is -2.22. The van der Waals surface area contributed by atoms with Gasteiger partial charge in [0.15, 0.2) is 11.5 Å². The molecule has 0 N–H and O–H groups in total. The van der Waals surface area contributed by atoms with E-state index in [0.29, 0.717) is 42.3 Å². The lowest BCUT2D eigenvalue weighted by molar-refractivity contribution is 0.0752. The van der Waals surface area contributed by atoms with Crippen LogP contribution in [0.1, 0.15) is 33.3 Å². The average Bonchev–Trinajstić information content (AvgIpc) is 3.29. The Labute approximate surface area is 174 Å². The number of nitriles is 1. The monoisotopic (exact) mass is 406 g/mol. The van der Waals surface area contributed by atoms with Gasteiger partial charge in [-0.3, -0.25) is 4.79 Å². The number of hydrogen-bond acceptors (Lipinski definition) is 5. The van der Waals surface area contributed by atoms with Gasteiger partial charge in [0, 0.05) is 23.5 Å². The second-order valence-corrected chi connectivity index (χ2v) is 7.39. The Balaban J connectivity index is 1.71. The van der Waals surface area contributed by atoms with Gasteiger partial charge in [-0.15, -0.1) is 11.3 Å². The van der Waals surface area contributed by atoms with Gasteiger partial charge in [-0.25, -0.2) is 0 Å². The molecule has 0 atom stereocenters. The van der Waals surface area contributed by atoms with Crippen LogP contribution in [0.3, 0.4) is 0 Å². The molecular weight excluding hydrogens is 384 g/mol. The number of benzene rings is 2. The van der Waals surface area contributed by atoms with Gasteiger partial charge < -0.3 is 14.4 Å². The fourth-order valence-corrected chi connectivity index (χ4v) is 3.51. The second kappa shape index (κ2) is 9.76. The van der Waals surface area contributed by atoms with Gasteiger partial charge in [0.1, 0.15) is 6.61 Å². The van der Waals surface area contributed by atoms with Gasteiger partial charge in [0.2, 0.25) is 0 Å². The predicted octanol–water partition coefficient (Wildman–Crippen LogP) is 4.87. The van der Waals surface area contributed by atoms with Crippen LogP contribution in [-0.4, -0.2) is 24.5 Å². The molecule has 0 saturated carbocycles. The lowest BCUT2D eigenvalue weighted by Crippen LogP contribution is -2.30. The molecule has 1 aromatic heterocycles. The first-order chi connectivity index (χ1) is 14.1. The maximum absolute atomic E-state index is 12.8. The maximum atomic E-state index is 12.8. The number of ether oxygens (including phenoxy) is 2. The standard InChI is InChI=1S/C23H22N2O3S/c1-3-25(23(26)19-9-6-17(14-24)7-10-19)15-18-8-11-21(22(13-18)27-2)28-16-20-5-4-12-29-20/h4-13H,3,15-16H2,1-2H3. The van der Waals surface area contributed by atoms with Crippen LogP contribution in [0, 0.1) is 11.3 Å². The molecule has 0 aliphatic heterocycles. The fourth-order valence-electron chi connectivity index (χ4n) is 2.89. The van der Waals surface area contributed by atoms with Crippen molar-refractivity contribution in [3.05, 3.63) is 81.5 Å². The van der Waals surface area contributed by atoms with Crippen molar-refractivity contribution in [1.29, 1.82) is 5.26 Å². The van der Waals surface area contributed by atoms with Crippen LogP contribution in [0.4, 0.5) is 0 Å². The smallest absolute Gasteiger partial charge is 0.254 e. The Bertz CT molecular complexity index is 992. The van der Waals surface area contributed by atoms with Crippen LogP contribution in [-0.2, 0) is 13.2 Å². The molecule has 1 heterocycles. The molecule has 0 radical (unpaired) electrons. The molecule has 0 unspecified atom stereocenters. The summed E-state index contributed by atoms with van der Waals surface area (Å²) >= 11 is 1.65. The van der Waals surface area contributed by atoms with E-state index in [1.165, 1.54) is 0 Å². The van der Waals surface area contributed by atoms with Crippen molar-refractivity contribution in [3.63, 3.8) is 0 Å². The average molecular weight is 407 g/mol. The molecule has 0 aliphatic carbocycles. The minimum absolute atomic E-state index is 0.0750. The quantitative estimate of drug-likeness (QED) is 0.535. The number of rotatable bonds is 8. The Hall–Kier alpha value is -3.30. The van der Waals surface area contributed by atoms with Crippen LogP contribution in [0.5, 0.6) is 11.5 Å². The third kappa shape index (κ3) is 5.15. The van der Waals surface area contributed by atoms with E-state index in [4.69, 9.17) is 14.7 Å². The summed E-state index contributed by atoms with van der Waals surface area (Å²) in [4.78, 5) is 15.7. The molecule has 0 aliphatic rings. The topological polar surface area (TPSA) is 62.6 Å². The molecule has 148 valence electrons. The molecule has 2 aromatic carbocycles. The van der Waals surface area contributed by atoms with E-state index >= 15 is 0 Å². The predicted molar refractivity (Wildman–Crippen MR) is 113 cm³/mol. The summed E-state index contributed by atoms with van der Waals surface area (Å²) in [5, 5.41) is 10.9. The van der Waals surface area contributed by atoms with Crippen molar-refractivity contribution in [2.45, 2.75) is 20.1 Å². The number of carbonyl (C=O) groups excluding carboxylic acids is 1. The highest BCUT2D eigenvalue weighted by Crippen LogP contribution is 2.30. The number of nitrogens with zero attached hydrogens (tertiary/aromatic N) is 2. The highest BCUT2D eigenvalue weighted by Gasteiger charge is 2.16. The zero-order chi connectivity index (χ0) is 20.6. The summed E-state index contributed by atoms with van der Waals surface area (Å²) in [5.41, 5.74) is 2.05. The third-order valence-electron chi connectivity index (χ3n) is 4.48. The summed E-state index contributed by atoms with van der Waals surface area (Å²) in [6, 6.07) is 18.5. The zero-order valence-corrected chi connectivity index (χ0v) is 17.2.